The molecule has 0 aromatic heterocycles. The Kier molecular flexibility index (Phi) is 4.77. The molecule has 0 unspecified atom stereocenters. The molecule has 0 bridgehead atoms. The maximum atomic E-state index is 11.7. The van der Waals surface area contributed by atoms with E-state index in [2.05, 4.69) is 4.40 Å². The van der Waals surface area contributed by atoms with E-state index in [1.54, 1.807) is 20.8 Å². The van der Waals surface area contributed by atoms with Crippen LogP contribution in [0.3, 0.4) is 0 Å². The summed E-state index contributed by atoms with van der Waals surface area (Å²) in [6.07, 6.45) is -4.23. The Bertz CT molecular complexity index is 230. The Morgan fingerprint density at radius 1 is 1.29 bits per heavy atom. The summed E-state index contributed by atoms with van der Waals surface area (Å²) in [4.78, 5) is 0. The fourth-order valence-electron chi connectivity index (χ4n) is 0.507. The first-order chi connectivity index (χ1) is 6.13. The maximum absolute atomic E-state index is 11.7. The van der Waals surface area contributed by atoms with Crippen molar-refractivity contribution in [3.05, 3.63) is 0 Å². The topological polar surface area (TPSA) is 29.4 Å². The van der Waals surface area contributed by atoms with Gasteiger partial charge < -0.3 is 0 Å². The van der Waals surface area contributed by atoms with Crippen molar-refractivity contribution >= 4 is 17.2 Å². The zero-order valence-corrected chi connectivity index (χ0v) is 9.21. The lowest BCUT2D eigenvalue weighted by Gasteiger charge is -2.12. The number of hydrogen-bond acceptors (Lipinski definition) is 1. The molecule has 0 aliphatic carbocycles. The summed E-state index contributed by atoms with van der Waals surface area (Å²) in [6.45, 7) is 5.14. The fraction of sp³-hybridized carbons (Fsp3) is 0.875. The second-order valence-corrected chi connectivity index (χ2v) is 5.74. The predicted molar refractivity (Wildman–Crippen MR) is 51.7 cm³/mol. The van der Waals surface area contributed by atoms with Crippen LogP contribution in [0.2, 0.25) is 0 Å². The van der Waals surface area contributed by atoms with E-state index in [0.29, 0.717) is 0 Å². The van der Waals surface area contributed by atoms with Gasteiger partial charge >= 0.3 is 6.18 Å². The van der Waals surface area contributed by atoms with Gasteiger partial charge in [-0.1, -0.05) is 0 Å². The van der Waals surface area contributed by atoms with E-state index in [0.717, 1.165) is 6.21 Å². The minimum atomic E-state index is -4.17. The Morgan fingerprint density at radius 2 is 1.79 bits per heavy atom. The Balaban J connectivity index is 3.92. The van der Waals surface area contributed by atoms with E-state index >= 15 is 0 Å². The molecule has 0 N–H and O–H groups in total. The van der Waals surface area contributed by atoms with Gasteiger partial charge in [0.25, 0.3) is 0 Å². The zero-order chi connectivity index (χ0) is 11.4. The molecule has 14 heavy (non-hydrogen) atoms. The van der Waals surface area contributed by atoms with E-state index in [9.17, 15) is 17.4 Å². The van der Waals surface area contributed by atoms with Crippen LogP contribution < -0.4 is 0 Å². The van der Waals surface area contributed by atoms with Crippen molar-refractivity contribution in [3.8, 4) is 0 Å². The summed E-state index contributed by atoms with van der Waals surface area (Å²) in [5.41, 5.74) is 0. The van der Waals surface area contributed by atoms with Crippen molar-refractivity contribution in [3.63, 3.8) is 0 Å². The molecule has 0 fully saturated rings. The molecule has 0 saturated heterocycles. The van der Waals surface area contributed by atoms with Gasteiger partial charge in [-0.25, -0.2) is 4.21 Å². The van der Waals surface area contributed by atoms with Gasteiger partial charge in [-0.2, -0.15) is 17.6 Å². The third-order valence-electron chi connectivity index (χ3n) is 1.25. The number of nitrogens with zero attached hydrogens (tertiary/aromatic N) is 1. The molecule has 0 aromatic rings. The molecule has 6 heteroatoms. The number of hydrogen-bond donors (Lipinski definition) is 0. The second-order valence-electron chi connectivity index (χ2n) is 3.80. The summed E-state index contributed by atoms with van der Waals surface area (Å²) in [5.74, 6) is 0. The average molecular weight is 229 g/mol. The smallest absolute Gasteiger partial charge is 0.234 e. The quantitative estimate of drug-likeness (QED) is 0.684. The standard InChI is InChI=1S/C8H14F3NOS/c1-7(2,3)14(13)12-6-4-5-8(9,10)11/h6H,4-5H2,1-3H3/t14-/m0/s1. The molecule has 0 aliphatic rings. The molecule has 0 aliphatic heterocycles. The van der Waals surface area contributed by atoms with Gasteiger partial charge in [0, 0.05) is 12.6 Å². The van der Waals surface area contributed by atoms with Crippen molar-refractivity contribution in [1.82, 2.24) is 0 Å². The SMILES string of the molecule is CC(C)(C)[S@](=O)N=CCCC(F)(F)F. The molecule has 0 rings (SSSR count). The molecular formula is C8H14F3NOS. The van der Waals surface area contributed by atoms with Crippen LogP contribution in [0.25, 0.3) is 0 Å². The normalized spacial score (nSPS) is 16.1. The van der Waals surface area contributed by atoms with Crippen molar-refractivity contribution in [1.29, 1.82) is 0 Å². The lowest BCUT2D eigenvalue weighted by Crippen LogP contribution is -2.19. The summed E-state index contributed by atoms with van der Waals surface area (Å²) in [5, 5.41) is 0. The highest BCUT2D eigenvalue weighted by Crippen LogP contribution is 2.20. The molecule has 2 nitrogen and oxygen atoms in total. The number of halogens is 3. The molecule has 0 heterocycles. The van der Waals surface area contributed by atoms with Crippen LogP contribution in [0, 0.1) is 0 Å². The summed E-state index contributed by atoms with van der Waals surface area (Å²) < 4.78 is 49.3. The van der Waals surface area contributed by atoms with E-state index in [1.807, 2.05) is 0 Å². The Hall–Kier alpha value is -0.390. The molecule has 0 spiro atoms. The van der Waals surface area contributed by atoms with Crippen molar-refractivity contribution < 1.29 is 17.4 Å². The highest BCUT2D eigenvalue weighted by Gasteiger charge is 2.25. The first-order valence-corrected chi connectivity index (χ1v) is 5.25. The van der Waals surface area contributed by atoms with Gasteiger partial charge in [-0.3, -0.25) is 0 Å². The third-order valence-corrected chi connectivity index (χ3v) is 2.64. The van der Waals surface area contributed by atoms with E-state index in [4.69, 9.17) is 0 Å². The average Bonchev–Trinajstić information content (AvgIpc) is 1.93. The van der Waals surface area contributed by atoms with E-state index in [-0.39, 0.29) is 6.42 Å². The fourth-order valence-corrected chi connectivity index (χ4v) is 1.06. The Morgan fingerprint density at radius 3 is 2.14 bits per heavy atom. The number of rotatable bonds is 3. The van der Waals surface area contributed by atoms with Crippen molar-refractivity contribution in [2.75, 3.05) is 0 Å². The molecule has 1 atom stereocenters. The number of alkyl halides is 3. The summed E-state index contributed by atoms with van der Waals surface area (Å²) in [6, 6.07) is 0. The van der Waals surface area contributed by atoms with Crippen LogP contribution in [-0.2, 0) is 11.0 Å². The van der Waals surface area contributed by atoms with Crippen molar-refractivity contribution in [2.45, 2.75) is 44.5 Å². The van der Waals surface area contributed by atoms with Crippen LogP contribution in [0.15, 0.2) is 4.40 Å². The van der Waals surface area contributed by atoms with Gasteiger partial charge in [0.2, 0.25) is 0 Å². The first kappa shape index (κ1) is 13.6. The first-order valence-electron chi connectivity index (χ1n) is 4.14. The molecule has 0 radical (unpaired) electrons. The van der Waals surface area contributed by atoms with E-state index < -0.39 is 28.3 Å². The van der Waals surface area contributed by atoms with Gasteiger partial charge in [-0.05, 0) is 27.2 Å². The summed E-state index contributed by atoms with van der Waals surface area (Å²) in [7, 11) is -1.46. The van der Waals surface area contributed by atoms with E-state index in [1.165, 1.54) is 0 Å². The van der Waals surface area contributed by atoms with Gasteiger partial charge in [0.1, 0.15) is 11.0 Å². The zero-order valence-electron chi connectivity index (χ0n) is 8.39. The molecule has 84 valence electrons. The molecule has 0 saturated carbocycles. The van der Waals surface area contributed by atoms with Gasteiger partial charge in [0.15, 0.2) is 0 Å². The lowest BCUT2D eigenvalue weighted by atomic mass is 10.3. The third kappa shape index (κ3) is 7.06. The monoisotopic (exact) mass is 229 g/mol. The van der Waals surface area contributed by atoms with Crippen LogP contribution in [0.5, 0.6) is 0 Å². The lowest BCUT2D eigenvalue weighted by molar-refractivity contribution is -0.132. The van der Waals surface area contributed by atoms with Crippen LogP contribution in [0.4, 0.5) is 13.2 Å². The molecular weight excluding hydrogens is 215 g/mol. The van der Waals surface area contributed by atoms with Crippen LogP contribution in [-0.4, -0.2) is 21.3 Å². The Labute approximate surface area is 84.2 Å². The van der Waals surface area contributed by atoms with Gasteiger partial charge in [-0.15, -0.1) is 0 Å². The minimum Gasteiger partial charge on any atom is -0.234 e. The van der Waals surface area contributed by atoms with Crippen molar-refractivity contribution in [2.24, 2.45) is 4.40 Å². The highest BCUT2D eigenvalue weighted by atomic mass is 32.2. The predicted octanol–water partition coefficient (Wildman–Crippen LogP) is 2.86. The largest absolute Gasteiger partial charge is 0.389 e. The summed E-state index contributed by atoms with van der Waals surface area (Å²) >= 11 is 0. The van der Waals surface area contributed by atoms with Gasteiger partial charge in [0.05, 0.1) is 4.75 Å². The molecule has 0 aromatic carbocycles. The minimum absolute atomic E-state index is 0.217. The molecule has 0 amide bonds. The maximum Gasteiger partial charge on any atom is 0.389 e. The van der Waals surface area contributed by atoms with Crippen LogP contribution >= 0.6 is 0 Å². The second kappa shape index (κ2) is 4.91. The highest BCUT2D eigenvalue weighted by molar-refractivity contribution is 7.85. The van der Waals surface area contributed by atoms with Crippen LogP contribution in [0.1, 0.15) is 33.6 Å².